The number of thioether (sulfide) groups is 1. The third-order valence-corrected chi connectivity index (χ3v) is 6.64. The van der Waals surface area contributed by atoms with Crippen LogP contribution in [0.3, 0.4) is 0 Å². The van der Waals surface area contributed by atoms with E-state index in [4.69, 9.17) is 11.6 Å². The van der Waals surface area contributed by atoms with Crippen molar-refractivity contribution in [3.8, 4) is 0 Å². The Bertz CT molecular complexity index is 1010. The summed E-state index contributed by atoms with van der Waals surface area (Å²) in [5.41, 5.74) is -0.558. The molecule has 29 heavy (non-hydrogen) atoms. The van der Waals surface area contributed by atoms with E-state index in [1.54, 1.807) is 6.92 Å². The van der Waals surface area contributed by atoms with Crippen LogP contribution in [0.4, 0.5) is 13.2 Å². The minimum atomic E-state index is -4.56. The molecule has 2 rings (SSSR count). The molecule has 1 aromatic heterocycles. The first kappa shape index (κ1) is 23.5. The fraction of sp³-hybridized carbons (Fsp3) is 0.294. The van der Waals surface area contributed by atoms with Crippen LogP contribution in [0.25, 0.3) is 0 Å². The van der Waals surface area contributed by atoms with E-state index in [-0.39, 0.29) is 32.8 Å². The summed E-state index contributed by atoms with van der Waals surface area (Å²) in [6.45, 7) is 1.69. The number of aromatic nitrogens is 1. The van der Waals surface area contributed by atoms with E-state index in [9.17, 15) is 31.5 Å². The van der Waals surface area contributed by atoms with E-state index in [1.807, 2.05) is 0 Å². The van der Waals surface area contributed by atoms with E-state index in [0.717, 1.165) is 23.9 Å². The first-order valence-electron chi connectivity index (χ1n) is 8.17. The lowest BCUT2D eigenvalue weighted by Gasteiger charge is -2.10. The third-order valence-electron chi connectivity index (χ3n) is 3.77. The van der Waals surface area contributed by atoms with Gasteiger partial charge in [0.05, 0.1) is 21.0 Å². The Morgan fingerprint density at radius 1 is 1.31 bits per heavy atom. The molecule has 0 bridgehead atoms. The average Bonchev–Trinajstić information content (AvgIpc) is 2.64. The van der Waals surface area contributed by atoms with Gasteiger partial charge < -0.3 is 5.11 Å². The Morgan fingerprint density at radius 3 is 2.55 bits per heavy atom. The predicted molar refractivity (Wildman–Crippen MR) is 103 cm³/mol. The molecule has 0 aliphatic rings. The number of hydrogen-bond acceptors (Lipinski definition) is 5. The van der Waals surface area contributed by atoms with E-state index >= 15 is 0 Å². The number of aryl methyl sites for hydroxylation is 1. The number of rotatable bonds is 8. The lowest BCUT2D eigenvalue weighted by atomic mass is 10.1. The van der Waals surface area contributed by atoms with Gasteiger partial charge in [0.2, 0.25) is 10.0 Å². The van der Waals surface area contributed by atoms with E-state index in [0.29, 0.717) is 18.2 Å². The minimum Gasteiger partial charge on any atom is -0.478 e. The number of nitrogens with zero attached hydrogens (tertiary/aromatic N) is 1. The number of hydrogen-bond donors (Lipinski definition) is 2. The van der Waals surface area contributed by atoms with Crippen LogP contribution in [0.5, 0.6) is 0 Å². The molecule has 1 heterocycles. The molecule has 0 fully saturated rings. The number of aromatic carboxylic acids is 1. The lowest BCUT2D eigenvalue weighted by Crippen LogP contribution is -2.26. The highest BCUT2D eigenvalue weighted by molar-refractivity contribution is 7.99. The van der Waals surface area contributed by atoms with Gasteiger partial charge in [0.15, 0.2) is 0 Å². The van der Waals surface area contributed by atoms with E-state index in [1.165, 1.54) is 12.1 Å². The van der Waals surface area contributed by atoms with Gasteiger partial charge in [0.25, 0.3) is 0 Å². The summed E-state index contributed by atoms with van der Waals surface area (Å²) in [4.78, 5) is 14.8. The molecule has 0 radical (unpaired) electrons. The average molecular weight is 469 g/mol. The zero-order valence-corrected chi connectivity index (χ0v) is 17.3. The number of carboxylic acids is 1. The zero-order valence-electron chi connectivity index (χ0n) is 15.0. The van der Waals surface area contributed by atoms with Crippen molar-refractivity contribution in [1.29, 1.82) is 0 Å². The summed E-state index contributed by atoms with van der Waals surface area (Å²) < 4.78 is 64.8. The topological polar surface area (TPSA) is 96.4 Å². The number of sulfonamides is 1. The number of halogens is 4. The Hall–Kier alpha value is -1.82. The molecule has 0 saturated carbocycles. The molecule has 0 aliphatic heterocycles. The highest BCUT2D eigenvalue weighted by Gasteiger charge is 2.31. The largest absolute Gasteiger partial charge is 0.478 e. The van der Waals surface area contributed by atoms with Gasteiger partial charge in [-0.3, -0.25) is 0 Å². The van der Waals surface area contributed by atoms with Crippen molar-refractivity contribution in [2.75, 3.05) is 12.3 Å². The second kappa shape index (κ2) is 9.33. The van der Waals surface area contributed by atoms with Gasteiger partial charge in [0.1, 0.15) is 5.03 Å². The number of pyridine rings is 1. The predicted octanol–water partition coefficient (Wildman–Crippen LogP) is 4.09. The quantitative estimate of drug-likeness (QED) is 0.447. The zero-order chi connectivity index (χ0) is 21.8. The van der Waals surface area contributed by atoms with Crippen LogP contribution in [0.15, 0.2) is 40.4 Å². The van der Waals surface area contributed by atoms with E-state index < -0.39 is 27.7 Å². The van der Waals surface area contributed by atoms with Crippen LogP contribution < -0.4 is 4.72 Å². The molecule has 12 heteroatoms. The molecule has 0 aliphatic carbocycles. The summed E-state index contributed by atoms with van der Waals surface area (Å²) in [7, 11) is -3.96. The molecular weight excluding hydrogens is 453 g/mol. The Kier molecular flexibility index (Phi) is 7.55. The molecule has 0 amide bonds. The standard InChI is InChI=1S/C17H16ClF3N2O4S2/c1-2-10-3-4-12(8-13(10)16(24)25)29(26,27)23-5-6-28-15-14(18)7-11(9-22-15)17(19,20)21/h3-4,7-9,23H,2,5-6H2,1H3,(H,24,25). The second-order valence-corrected chi connectivity index (χ2v) is 8.99. The molecule has 1 aromatic carbocycles. The molecule has 158 valence electrons. The molecule has 6 nitrogen and oxygen atoms in total. The highest BCUT2D eigenvalue weighted by atomic mass is 35.5. The van der Waals surface area contributed by atoms with Gasteiger partial charge in [0, 0.05) is 18.5 Å². The Balaban J connectivity index is 2.02. The van der Waals surface area contributed by atoms with Gasteiger partial charge in [-0.15, -0.1) is 11.8 Å². The maximum atomic E-state index is 12.6. The van der Waals surface area contributed by atoms with Crippen LogP contribution in [-0.4, -0.2) is 36.8 Å². The summed E-state index contributed by atoms with van der Waals surface area (Å²) in [5, 5.41) is 9.17. The number of carbonyl (C=O) groups is 1. The van der Waals surface area contributed by atoms with Crippen molar-refractivity contribution in [2.45, 2.75) is 29.4 Å². The van der Waals surface area contributed by atoms with Crippen molar-refractivity contribution >= 4 is 39.4 Å². The van der Waals surface area contributed by atoms with Crippen LogP contribution in [0.1, 0.15) is 28.4 Å². The summed E-state index contributed by atoms with van der Waals surface area (Å²) in [5.74, 6) is -1.08. The maximum absolute atomic E-state index is 12.6. The van der Waals surface area contributed by atoms with Crippen LogP contribution >= 0.6 is 23.4 Å². The molecule has 0 unspecified atom stereocenters. The van der Waals surface area contributed by atoms with Crippen LogP contribution in [0.2, 0.25) is 5.02 Å². The third kappa shape index (κ3) is 6.08. The van der Waals surface area contributed by atoms with Crippen molar-refractivity contribution in [1.82, 2.24) is 9.71 Å². The SMILES string of the molecule is CCc1ccc(S(=O)(=O)NCCSc2ncc(C(F)(F)F)cc2Cl)cc1C(=O)O. The first-order valence-corrected chi connectivity index (χ1v) is 11.0. The maximum Gasteiger partial charge on any atom is 0.417 e. The number of benzene rings is 1. The molecule has 2 aromatic rings. The van der Waals surface area contributed by atoms with Crippen molar-refractivity contribution in [3.63, 3.8) is 0 Å². The Labute approximate surface area is 174 Å². The van der Waals surface area contributed by atoms with Crippen LogP contribution in [-0.2, 0) is 22.6 Å². The molecule has 0 atom stereocenters. The van der Waals surface area contributed by atoms with Crippen molar-refractivity contribution < 1.29 is 31.5 Å². The first-order chi connectivity index (χ1) is 13.5. The minimum absolute atomic E-state index is 0.0655. The Morgan fingerprint density at radius 2 is 2.00 bits per heavy atom. The van der Waals surface area contributed by atoms with Gasteiger partial charge in [-0.05, 0) is 30.2 Å². The summed E-state index contributed by atoms with van der Waals surface area (Å²) in [6, 6.07) is 4.60. The monoisotopic (exact) mass is 468 g/mol. The van der Waals surface area contributed by atoms with E-state index in [2.05, 4.69) is 9.71 Å². The molecular formula is C17H16ClF3N2O4S2. The van der Waals surface area contributed by atoms with Gasteiger partial charge in [-0.2, -0.15) is 13.2 Å². The van der Waals surface area contributed by atoms with Crippen molar-refractivity contribution in [3.05, 3.63) is 52.2 Å². The summed E-state index contributed by atoms with van der Waals surface area (Å²) >= 11 is 6.78. The lowest BCUT2D eigenvalue weighted by molar-refractivity contribution is -0.137. The number of carboxylic acid groups (broad SMARTS) is 1. The number of alkyl halides is 3. The number of nitrogens with one attached hydrogen (secondary N) is 1. The fourth-order valence-electron chi connectivity index (χ4n) is 2.32. The smallest absolute Gasteiger partial charge is 0.417 e. The van der Waals surface area contributed by atoms with Gasteiger partial charge >= 0.3 is 12.1 Å². The second-order valence-electron chi connectivity index (χ2n) is 5.73. The molecule has 0 spiro atoms. The van der Waals surface area contributed by atoms with Crippen molar-refractivity contribution in [2.24, 2.45) is 0 Å². The molecule has 0 saturated heterocycles. The normalized spacial score (nSPS) is 12.2. The van der Waals surface area contributed by atoms with Gasteiger partial charge in [-0.1, -0.05) is 24.6 Å². The fourth-order valence-corrected chi connectivity index (χ4v) is 4.56. The summed E-state index contributed by atoms with van der Waals surface area (Å²) in [6.07, 6.45) is -3.47. The molecule has 2 N–H and O–H groups in total. The highest BCUT2D eigenvalue weighted by Crippen LogP contribution is 2.33. The van der Waals surface area contributed by atoms with Gasteiger partial charge in [-0.25, -0.2) is 22.9 Å². The van der Waals surface area contributed by atoms with Crippen LogP contribution in [0, 0.1) is 0 Å².